The molecule has 1 aromatic rings. The third kappa shape index (κ3) is 4.59. The van der Waals surface area contributed by atoms with E-state index in [0.29, 0.717) is 18.7 Å². The molecule has 0 aliphatic carbocycles. The Labute approximate surface area is 121 Å². The molecule has 0 unspecified atom stereocenters. The van der Waals surface area contributed by atoms with E-state index in [1.54, 1.807) is 4.90 Å². The fraction of sp³-hybridized carbons (Fsp3) is 0.538. The molecule has 0 radical (unpaired) electrons. The van der Waals surface area contributed by atoms with Crippen molar-refractivity contribution < 1.29 is 19.5 Å². The number of nitrogens with zero attached hydrogens (tertiary/aromatic N) is 3. The van der Waals surface area contributed by atoms with Gasteiger partial charge in [0.2, 0.25) is 11.8 Å². The number of amides is 2. The number of carbonyl (C=O) groups excluding carboxylic acids is 2. The first kappa shape index (κ1) is 15.0. The summed E-state index contributed by atoms with van der Waals surface area (Å²) in [7, 11) is 0. The fourth-order valence-corrected chi connectivity index (χ4v) is 2.23. The average molecular weight is 294 g/mol. The van der Waals surface area contributed by atoms with Gasteiger partial charge in [0.25, 0.3) is 0 Å². The number of carboxylic acid groups (broad SMARTS) is 1. The van der Waals surface area contributed by atoms with Crippen LogP contribution in [0.15, 0.2) is 12.4 Å². The first-order valence-electron chi connectivity index (χ1n) is 6.86. The molecule has 0 bridgehead atoms. The molecule has 0 saturated carbocycles. The van der Waals surface area contributed by atoms with Gasteiger partial charge in [0.1, 0.15) is 6.54 Å². The Morgan fingerprint density at radius 3 is 2.86 bits per heavy atom. The zero-order valence-corrected chi connectivity index (χ0v) is 11.6. The van der Waals surface area contributed by atoms with Crippen LogP contribution in [0, 0.1) is 0 Å². The number of rotatable bonds is 5. The van der Waals surface area contributed by atoms with Crippen LogP contribution in [0.5, 0.6) is 0 Å². The highest BCUT2D eigenvalue weighted by Gasteiger charge is 2.19. The number of carbonyl (C=O) groups is 3. The molecule has 114 valence electrons. The summed E-state index contributed by atoms with van der Waals surface area (Å²) in [5.74, 6) is -1.31. The molecule has 1 fully saturated rings. The topological polar surface area (TPSA) is 105 Å². The van der Waals surface area contributed by atoms with Crippen LogP contribution in [0.25, 0.3) is 0 Å². The lowest BCUT2D eigenvalue weighted by atomic mass is 10.2. The smallest absolute Gasteiger partial charge is 0.325 e. The zero-order chi connectivity index (χ0) is 15.2. The van der Waals surface area contributed by atoms with Crippen molar-refractivity contribution >= 4 is 23.5 Å². The first-order valence-corrected chi connectivity index (χ1v) is 6.86. The second kappa shape index (κ2) is 6.87. The van der Waals surface area contributed by atoms with Gasteiger partial charge in [0.15, 0.2) is 0 Å². The number of aromatic nitrogens is 2. The number of carboxylic acids is 1. The van der Waals surface area contributed by atoms with E-state index in [9.17, 15) is 14.4 Å². The van der Waals surface area contributed by atoms with Crippen molar-refractivity contribution in [3.63, 3.8) is 0 Å². The van der Waals surface area contributed by atoms with Gasteiger partial charge in [-0.3, -0.25) is 19.1 Å². The summed E-state index contributed by atoms with van der Waals surface area (Å²) >= 11 is 0. The lowest BCUT2D eigenvalue weighted by Crippen LogP contribution is -2.37. The second-order valence-corrected chi connectivity index (χ2v) is 4.99. The van der Waals surface area contributed by atoms with Gasteiger partial charge in [-0.1, -0.05) is 6.42 Å². The van der Waals surface area contributed by atoms with E-state index in [1.807, 2.05) is 0 Å². The summed E-state index contributed by atoms with van der Waals surface area (Å²) in [6.45, 7) is 0.355. The van der Waals surface area contributed by atoms with Crippen LogP contribution >= 0.6 is 0 Å². The van der Waals surface area contributed by atoms with E-state index in [2.05, 4.69) is 10.4 Å². The minimum Gasteiger partial charge on any atom is -0.480 e. The van der Waals surface area contributed by atoms with Crippen molar-refractivity contribution in [3.8, 4) is 0 Å². The standard InChI is InChI=1S/C13H18N4O4/c18-11(8-16-5-3-1-2-4-12(16)19)15-10-6-14-17(7-10)9-13(20)21/h6-7H,1-5,8-9H2,(H,15,18)(H,20,21). The summed E-state index contributed by atoms with van der Waals surface area (Å²) < 4.78 is 1.22. The molecule has 1 saturated heterocycles. The van der Waals surface area contributed by atoms with Gasteiger partial charge in [0, 0.05) is 19.2 Å². The number of nitrogens with one attached hydrogen (secondary N) is 1. The quantitative estimate of drug-likeness (QED) is 0.813. The number of likely N-dealkylation sites (tertiary alicyclic amines) is 1. The van der Waals surface area contributed by atoms with Gasteiger partial charge in [-0.25, -0.2) is 0 Å². The zero-order valence-electron chi connectivity index (χ0n) is 11.6. The number of aliphatic carboxylic acids is 1. The van der Waals surface area contributed by atoms with Crippen LogP contribution in [0.1, 0.15) is 25.7 Å². The number of anilines is 1. The molecule has 1 aromatic heterocycles. The van der Waals surface area contributed by atoms with Crippen molar-refractivity contribution in [2.45, 2.75) is 32.2 Å². The third-order valence-corrected chi connectivity index (χ3v) is 3.22. The Kier molecular flexibility index (Phi) is 4.91. The molecule has 2 rings (SSSR count). The molecule has 1 aliphatic heterocycles. The largest absolute Gasteiger partial charge is 0.480 e. The predicted molar refractivity (Wildman–Crippen MR) is 73.5 cm³/mol. The fourth-order valence-electron chi connectivity index (χ4n) is 2.23. The first-order chi connectivity index (χ1) is 10.0. The van der Waals surface area contributed by atoms with Crippen molar-refractivity contribution in [2.24, 2.45) is 0 Å². The highest BCUT2D eigenvalue weighted by Crippen LogP contribution is 2.11. The van der Waals surface area contributed by atoms with Crippen LogP contribution < -0.4 is 5.32 Å². The van der Waals surface area contributed by atoms with E-state index in [4.69, 9.17) is 5.11 Å². The SMILES string of the molecule is O=C(O)Cn1cc(NC(=O)CN2CCCCCC2=O)cn1. The van der Waals surface area contributed by atoms with Gasteiger partial charge in [-0.05, 0) is 12.8 Å². The van der Waals surface area contributed by atoms with Crippen LogP contribution in [0.4, 0.5) is 5.69 Å². The van der Waals surface area contributed by atoms with Gasteiger partial charge >= 0.3 is 5.97 Å². The highest BCUT2D eigenvalue weighted by molar-refractivity contribution is 5.94. The minimum absolute atomic E-state index is 0.00391. The van der Waals surface area contributed by atoms with Crippen molar-refractivity contribution in [1.29, 1.82) is 0 Å². The monoisotopic (exact) mass is 294 g/mol. The van der Waals surface area contributed by atoms with Crippen LogP contribution in [-0.4, -0.2) is 50.7 Å². The lowest BCUT2D eigenvalue weighted by Gasteiger charge is -2.19. The van der Waals surface area contributed by atoms with E-state index in [-0.39, 0.29) is 24.9 Å². The molecular formula is C13H18N4O4. The third-order valence-electron chi connectivity index (χ3n) is 3.22. The molecule has 0 aromatic carbocycles. The maximum Gasteiger partial charge on any atom is 0.325 e. The van der Waals surface area contributed by atoms with E-state index in [0.717, 1.165) is 19.3 Å². The Morgan fingerprint density at radius 1 is 1.29 bits per heavy atom. The summed E-state index contributed by atoms with van der Waals surface area (Å²) in [6, 6.07) is 0. The molecule has 8 heteroatoms. The summed E-state index contributed by atoms with van der Waals surface area (Å²) in [5.41, 5.74) is 0.420. The molecule has 2 N–H and O–H groups in total. The summed E-state index contributed by atoms with van der Waals surface area (Å²) in [4.78, 5) is 35.8. The average Bonchev–Trinajstić information content (AvgIpc) is 2.72. The molecule has 0 atom stereocenters. The van der Waals surface area contributed by atoms with E-state index in [1.165, 1.54) is 17.1 Å². The highest BCUT2D eigenvalue weighted by atomic mass is 16.4. The number of hydrogen-bond acceptors (Lipinski definition) is 4. The van der Waals surface area contributed by atoms with Gasteiger partial charge in [-0.2, -0.15) is 5.10 Å². The molecule has 2 heterocycles. The summed E-state index contributed by atoms with van der Waals surface area (Å²) in [6.07, 6.45) is 6.10. The second-order valence-electron chi connectivity index (χ2n) is 4.99. The van der Waals surface area contributed by atoms with Crippen molar-refractivity contribution in [1.82, 2.24) is 14.7 Å². The van der Waals surface area contributed by atoms with Crippen molar-refractivity contribution in [3.05, 3.63) is 12.4 Å². The molecule has 1 aliphatic rings. The van der Waals surface area contributed by atoms with Crippen molar-refractivity contribution in [2.75, 3.05) is 18.4 Å². The van der Waals surface area contributed by atoms with Crippen LogP contribution in [0.2, 0.25) is 0 Å². The van der Waals surface area contributed by atoms with E-state index < -0.39 is 5.97 Å². The minimum atomic E-state index is -1.01. The Morgan fingerprint density at radius 2 is 2.10 bits per heavy atom. The molecular weight excluding hydrogens is 276 g/mol. The normalized spacial score (nSPS) is 15.6. The van der Waals surface area contributed by atoms with E-state index >= 15 is 0 Å². The molecule has 8 nitrogen and oxygen atoms in total. The maximum atomic E-state index is 11.9. The molecule has 2 amide bonds. The van der Waals surface area contributed by atoms with Gasteiger partial charge < -0.3 is 15.3 Å². The maximum absolute atomic E-state index is 11.9. The van der Waals surface area contributed by atoms with Gasteiger partial charge in [-0.15, -0.1) is 0 Å². The number of hydrogen-bond donors (Lipinski definition) is 2. The van der Waals surface area contributed by atoms with Crippen LogP contribution in [0.3, 0.4) is 0 Å². The lowest BCUT2D eigenvalue weighted by molar-refractivity contribution is -0.138. The van der Waals surface area contributed by atoms with Crippen LogP contribution in [-0.2, 0) is 20.9 Å². The Balaban J connectivity index is 1.87. The summed E-state index contributed by atoms with van der Waals surface area (Å²) in [5, 5.41) is 15.1. The van der Waals surface area contributed by atoms with Gasteiger partial charge in [0.05, 0.1) is 18.4 Å². The predicted octanol–water partition coefficient (Wildman–Crippen LogP) is 0.309. The molecule has 0 spiro atoms. The molecule has 21 heavy (non-hydrogen) atoms. The Bertz CT molecular complexity index is 540. The Hall–Kier alpha value is -2.38.